The van der Waals surface area contributed by atoms with Crippen LogP contribution in [0, 0.1) is 0 Å². The van der Waals surface area contributed by atoms with Crippen LogP contribution in [0.25, 0.3) is 10.6 Å². The highest BCUT2D eigenvalue weighted by molar-refractivity contribution is 7.13. The van der Waals surface area contributed by atoms with Gasteiger partial charge in [0.05, 0.1) is 10.6 Å². The van der Waals surface area contributed by atoms with E-state index >= 15 is 0 Å². The molecule has 0 radical (unpaired) electrons. The number of hydrogen-bond donors (Lipinski definition) is 1. The van der Waals surface area contributed by atoms with Gasteiger partial charge in [-0.1, -0.05) is 11.2 Å². The van der Waals surface area contributed by atoms with Crippen molar-refractivity contribution in [2.45, 2.75) is 13.0 Å². The van der Waals surface area contributed by atoms with Crippen LogP contribution < -0.4 is 15.0 Å². The number of amides is 2. The Morgan fingerprint density at radius 2 is 2.15 bits per heavy atom. The van der Waals surface area contributed by atoms with E-state index in [-0.39, 0.29) is 11.6 Å². The number of thiophene rings is 1. The third-order valence-corrected chi connectivity index (χ3v) is 4.95. The van der Waals surface area contributed by atoms with Gasteiger partial charge in [0.15, 0.2) is 17.6 Å². The normalized spacial score (nSPS) is 16.2. The van der Waals surface area contributed by atoms with E-state index in [9.17, 15) is 9.59 Å². The lowest BCUT2D eigenvalue weighted by molar-refractivity contribution is -0.125. The second-order valence-electron chi connectivity index (χ2n) is 5.85. The summed E-state index contributed by atoms with van der Waals surface area (Å²) < 4.78 is 10.8. The summed E-state index contributed by atoms with van der Waals surface area (Å²) in [4.78, 5) is 26.9. The molecule has 1 unspecified atom stereocenters. The number of aromatic nitrogens is 1. The van der Waals surface area contributed by atoms with E-state index in [2.05, 4.69) is 10.5 Å². The average Bonchev–Trinajstić information content (AvgIpc) is 3.31. The van der Waals surface area contributed by atoms with E-state index in [1.54, 1.807) is 38.2 Å². The van der Waals surface area contributed by atoms with E-state index in [1.807, 2.05) is 17.5 Å². The van der Waals surface area contributed by atoms with Crippen LogP contribution in [0.5, 0.6) is 5.75 Å². The van der Waals surface area contributed by atoms with Gasteiger partial charge in [0, 0.05) is 18.8 Å². The molecule has 8 heteroatoms. The van der Waals surface area contributed by atoms with Crippen molar-refractivity contribution in [1.29, 1.82) is 0 Å². The SMILES string of the molecule is CC1Oc2ccc(NC(=O)c3cc(-c4cccs4)on3)cc2N(C)C1=O. The first-order valence-electron chi connectivity index (χ1n) is 7.93. The van der Waals surface area contributed by atoms with Crippen molar-refractivity contribution < 1.29 is 18.8 Å². The molecule has 0 fully saturated rings. The molecule has 0 bridgehead atoms. The summed E-state index contributed by atoms with van der Waals surface area (Å²) in [6.45, 7) is 1.70. The second-order valence-corrected chi connectivity index (χ2v) is 6.80. The predicted octanol–water partition coefficient (Wildman–Crippen LogP) is 3.40. The highest BCUT2D eigenvalue weighted by Crippen LogP contribution is 2.35. The molecule has 26 heavy (non-hydrogen) atoms. The molecule has 0 saturated carbocycles. The topological polar surface area (TPSA) is 84.7 Å². The number of carbonyl (C=O) groups excluding carboxylic acids is 2. The van der Waals surface area contributed by atoms with Crippen LogP contribution in [-0.2, 0) is 4.79 Å². The van der Waals surface area contributed by atoms with E-state index in [0.717, 1.165) is 4.88 Å². The molecule has 1 aromatic carbocycles. The number of likely N-dealkylation sites (N-methyl/N-ethyl adjacent to an activating group) is 1. The lowest BCUT2D eigenvalue weighted by Crippen LogP contribution is -2.41. The molecule has 3 aromatic rings. The number of ether oxygens (including phenoxy) is 1. The van der Waals surface area contributed by atoms with Crippen molar-refractivity contribution >= 4 is 34.5 Å². The minimum absolute atomic E-state index is 0.141. The summed E-state index contributed by atoms with van der Waals surface area (Å²) in [6.07, 6.45) is -0.529. The molecule has 4 rings (SSSR count). The number of rotatable bonds is 3. The minimum Gasteiger partial charge on any atom is -0.479 e. The van der Waals surface area contributed by atoms with Gasteiger partial charge in [-0.3, -0.25) is 9.59 Å². The molecule has 0 saturated heterocycles. The van der Waals surface area contributed by atoms with Crippen molar-refractivity contribution in [2.75, 3.05) is 17.3 Å². The van der Waals surface area contributed by atoms with Crippen LogP contribution in [0.15, 0.2) is 46.3 Å². The van der Waals surface area contributed by atoms with E-state index in [4.69, 9.17) is 9.26 Å². The number of anilines is 2. The van der Waals surface area contributed by atoms with Gasteiger partial charge >= 0.3 is 0 Å². The molecule has 7 nitrogen and oxygen atoms in total. The van der Waals surface area contributed by atoms with E-state index in [0.29, 0.717) is 22.9 Å². The van der Waals surface area contributed by atoms with Crippen molar-refractivity contribution in [3.63, 3.8) is 0 Å². The zero-order valence-electron chi connectivity index (χ0n) is 14.1. The van der Waals surface area contributed by atoms with E-state index < -0.39 is 12.0 Å². The van der Waals surface area contributed by atoms with Crippen LogP contribution >= 0.6 is 11.3 Å². The van der Waals surface area contributed by atoms with Crippen LogP contribution in [0.1, 0.15) is 17.4 Å². The smallest absolute Gasteiger partial charge is 0.277 e. The number of hydrogen-bond acceptors (Lipinski definition) is 6. The number of fused-ring (bicyclic) bond motifs is 1. The summed E-state index contributed by atoms with van der Waals surface area (Å²) in [7, 11) is 1.68. The number of nitrogens with one attached hydrogen (secondary N) is 1. The lowest BCUT2D eigenvalue weighted by Gasteiger charge is -2.30. The van der Waals surface area contributed by atoms with Crippen LogP contribution in [0.2, 0.25) is 0 Å². The van der Waals surface area contributed by atoms with Crippen LogP contribution in [0.3, 0.4) is 0 Å². The van der Waals surface area contributed by atoms with E-state index in [1.165, 1.54) is 16.2 Å². The quantitative estimate of drug-likeness (QED) is 0.765. The molecular weight excluding hydrogens is 354 g/mol. The Morgan fingerprint density at radius 1 is 1.31 bits per heavy atom. The molecule has 3 heterocycles. The monoisotopic (exact) mass is 369 g/mol. The Hall–Kier alpha value is -3.13. The van der Waals surface area contributed by atoms with Gasteiger partial charge in [-0.05, 0) is 36.6 Å². The third-order valence-electron chi connectivity index (χ3n) is 4.07. The first kappa shape index (κ1) is 16.3. The third kappa shape index (κ3) is 2.84. The van der Waals surface area contributed by atoms with Gasteiger partial charge < -0.3 is 19.5 Å². The van der Waals surface area contributed by atoms with Crippen molar-refractivity contribution in [2.24, 2.45) is 0 Å². The molecule has 0 spiro atoms. The van der Waals surface area contributed by atoms with Crippen LogP contribution in [-0.4, -0.2) is 30.1 Å². The van der Waals surface area contributed by atoms with Gasteiger partial charge in [0.2, 0.25) is 0 Å². The largest absolute Gasteiger partial charge is 0.479 e. The zero-order chi connectivity index (χ0) is 18.3. The standard InChI is InChI=1S/C18H15N3O4S/c1-10-18(23)21(2)13-8-11(5-6-14(13)24-10)19-17(22)12-9-15(25-20-12)16-4-3-7-26-16/h3-10H,1-2H3,(H,19,22). The predicted molar refractivity (Wildman–Crippen MR) is 97.7 cm³/mol. The van der Waals surface area contributed by atoms with Crippen molar-refractivity contribution in [1.82, 2.24) is 5.16 Å². The molecule has 0 aliphatic carbocycles. The average molecular weight is 369 g/mol. The Bertz CT molecular complexity index is 980. The molecule has 1 N–H and O–H groups in total. The molecule has 2 amide bonds. The fraction of sp³-hybridized carbons (Fsp3) is 0.167. The summed E-state index contributed by atoms with van der Waals surface area (Å²) in [6, 6.07) is 10.5. The van der Waals surface area contributed by atoms with Gasteiger partial charge in [-0.15, -0.1) is 11.3 Å². The van der Waals surface area contributed by atoms with Crippen molar-refractivity contribution in [3.05, 3.63) is 47.5 Å². The molecule has 1 atom stereocenters. The second kappa shape index (κ2) is 6.30. The molecular formula is C18H15N3O4S. The summed E-state index contributed by atoms with van der Waals surface area (Å²) in [5, 5.41) is 8.51. The summed E-state index contributed by atoms with van der Waals surface area (Å²) >= 11 is 1.50. The first-order valence-corrected chi connectivity index (χ1v) is 8.81. The highest BCUT2D eigenvalue weighted by atomic mass is 32.1. The maximum Gasteiger partial charge on any atom is 0.277 e. The number of benzene rings is 1. The Morgan fingerprint density at radius 3 is 2.92 bits per heavy atom. The maximum absolute atomic E-state index is 12.4. The molecule has 1 aliphatic rings. The summed E-state index contributed by atoms with van der Waals surface area (Å²) in [5.41, 5.74) is 1.32. The highest BCUT2D eigenvalue weighted by Gasteiger charge is 2.29. The summed E-state index contributed by atoms with van der Waals surface area (Å²) in [5.74, 6) is 0.607. The number of carbonyl (C=O) groups is 2. The van der Waals surface area contributed by atoms with Gasteiger partial charge in [-0.2, -0.15) is 0 Å². The maximum atomic E-state index is 12.4. The molecule has 1 aliphatic heterocycles. The Balaban J connectivity index is 1.55. The first-order chi connectivity index (χ1) is 12.5. The van der Waals surface area contributed by atoms with Crippen molar-refractivity contribution in [3.8, 4) is 16.4 Å². The zero-order valence-corrected chi connectivity index (χ0v) is 14.9. The van der Waals surface area contributed by atoms with Crippen LogP contribution in [0.4, 0.5) is 11.4 Å². The Labute approximate surface area is 153 Å². The van der Waals surface area contributed by atoms with Gasteiger partial charge in [0.1, 0.15) is 5.75 Å². The van der Waals surface area contributed by atoms with Gasteiger partial charge in [0.25, 0.3) is 11.8 Å². The molecule has 132 valence electrons. The fourth-order valence-electron chi connectivity index (χ4n) is 2.70. The molecule has 2 aromatic heterocycles. The number of nitrogens with zero attached hydrogens (tertiary/aromatic N) is 2. The Kier molecular flexibility index (Phi) is 3.96. The van der Waals surface area contributed by atoms with Gasteiger partial charge in [-0.25, -0.2) is 0 Å². The fourth-order valence-corrected chi connectivity index (χ4v) is 3.37. The minimum atomic E-state index is -0.529. The lowest BCUT2D eigenvalue weighted by atomic mass is 10.2.